The number of hydrogen-bond donors (Lipinski definition) is 2. The van der Waals surface area contributed by atoms with Gasteiger partial charge in [0.05, 0.1) is 5.35 Å². The highest BCUT2D eigenvalue weighted by Crippen LogP contribution is 2.24. The van der Waals surface area contributed by atoms with E-state index < -0.39 is 0 Å². The van der Waals surface area contributed by atoms with E-state index in [-0.39, 0.29) is 5.82 Å². The summed E-state index contributed by atoms with van der Waals surface area (Å²) in [6.07, 6.45) is 3.74. The third kappa shape index (κ3) is 3.10. The van der Waals surface area contributed by atoms with Gasteiger partial charge in [0.1, 0.15) is 11.6 Å². The molecule has 5 heteroatoms. The lowest BCUT2D eigenvalue weighted by molar-refractivity contribution is 0.628. The van der Waals surface area contributed by atoms with Crippen LogP contribution in [0.4, 0.5) is 15.9 Å². The van der Waals surface area contributed by atoms with Crippen molar-refractivity contribution in [3.63, 3.8) is 0 Å². The van der Waals surface area contributed by atoms with Gasteiger partial charge in [0, 0.05) is 32.8 Å². The number of pyridine rings is 1. The van der Waals surface area contributed by atoms with Gasteiger partial charge in [-0.3, -0.25) is 0 Å². The molecule has 3 rings (SSSR count). The van der Waals surface area contributed by atoms with E-state index in [2.05, 4.69) is 22.3 Å². The van der Waals surface area contributed by atoms with Crippen LogP contribution in [0.1, 0.15) is 6.92 Å². The number of rotatable bonds is 3. The Morgan fingerprint density at radius 1 is 1.35 bits per heavy atom. The average molecular weight is 325 g/mol. The van der Waals surface area contributed by atoms with Crippen LogP contribution < -0.4 is 21.6 Å². The predicted molar refractivity (Wildman–Crippen MR) is 96.5 cm³/mol. The van der Waals surface area contributed by atoms with E-state index in [9.17, 15) is 4.39 Å². The number of nitrogens with one attached hydrogen (secondary N) is 1. The maximum Gasteiger partial charge on any atom is 0.139 e. The molecule has 0 aliphatic rings. The molecule has 2 aromatic heterocycles. The predicted octanol–water partition coefficient (Wildman–Crippen LogP) is 3.23. The number of halogens is 1. The molecule has 3 aromatic rings. The molecule has 23 heavy (non-hydrogen) atoms. The first-order valence-corrected chi connectivity index (χ1v) is 8.03. The normalized spacial score (nSPS) is 12.8. The Bertz CT molecular complexity index is 1000. The number of nitrogens with zero attached hydrogens (tertiary/aromatic N) is 1. The highest BCUT2D eigenvalue weighted by atomic mass is 32.1. The molecule has 0 unspecified atom stereocenters. The second-order valence-corrected chi connectivity index (χ2v) is 5.85. The monoisotopic (exact) mass is 325 g/mol. The lowest BCUT2D eigenvalue weighted by Crippen LogP contribution is -2.30. The van der Waals surface area contributed by atoms with Crippen LogP contribution in [0.25, 0.3) is 22.9 Å². The van der Waals surface area contributed by atoms with Crippen LogP contribution in [-0.2, 0) is 0 Å². The van der Waals surface area contributed by atoms with Gasteiger partial charge in [-0.25, -0.2) is 9.37 Å². The van der Waals surface area contributed by atoms with Gasteiger partial charge in [0.15, 0.2) is 0 Å². The number of hydrogen-bond acceptors (Lipinski definition) is 4. The summed E-state index contributed by atoms with van der Waals surface area (Å²) in [7, 11) is 0. The van der Waals surface area contributed by atoms with Gasteiger partial charge in [0.25, 0.3) is 0 Å². The molecule has 0 bridgehead atoms. The summed E-state index contributed by atoms with van der Waals surface area (Å²) in [5.41, 5.74) is 6.80. The van der Waals surface area contributed by atoms with E-state index in [0.717, 1.165) is 21.3 Å². The molecule has 116 valence electrons. The molecule has 0 radical (unpaired) electrons. The topological polar surface area (TPSA) is 50.9 Å². The van der Waals surface area contributed by atoms with Gasteiger partial charge in [-0.2, -0.15) is 11.3 Å². The van der Waals surface area contributed by atoms with Crippen molar-refractivity contribution in [2.75, 3.05) is 5.32 Å². The molecule has 0 saturated heterocycles. The molecule has 0 atom stereocenters. The highest BCUT2D eigenvalue weighted by Gasteiger charge is 2.08. The fraction of sp³-hybridized carbons (Fsp3) is 0.0556. The molecule has 0 saturated carbocycles. The number of allylic oxidation sites excluding steroid dienone is 1. The maximum atomic E-state index is 13.4. The van der Waals surface area contributed by atoms with Crippen LogP contribution in [0.15, 0.2) is 47.3 Å². The largest absolute Gasteiger partial charge is 0.399 e. The van der Waals surface area contributed by atoms with Gasteiger partial charge >= 0.3 is 0 Å². The minimum absolute atomic E-state index is 0.294. The molecule has 0 fully saturated rings. The Balaban J connectivity index is 2.25. The molecule has 0 spiro atoms. The summed E-state index contributed by atoms with van der Waals surface area (Å²) in [4.78, 5) is 4.65. The number of aromatic nitrogens is 1. The van der Waals surface area contributed by atoms with Crippen LogP contribution in [0.2, 0.25) is 0 Å². The second-order valence-electron chi connectivity index (χ2n) is 5.10. The van der Waals surface area contributed by atoms with Crippen LogP contribution in [-0.4, -0.2) is 4.98 Å². The van der Waals surface area contributed by atoms with Crippen molar-refractivity contribution in [1.29, 1.82) is 0 Å². The van der Waals surface area contributed by atoms with E-state index in [1.54, 1.807) is 29.5 Å². The third-order valence-corrected chi connectivity index (χ3v) is 4.16. The van der Waals surface area contributed by atoms with E-state index in [1.807, 2.05) is 18.4 Å². The zero-order valence-corrected chi connectivity index (χ0v) is 13.5. The first-order valence-electron chi connectivity index (χ1n) is 7.09. The number of fused-ring (bicyclic) bond motifs is 1. The Kier molecular flexibility index (Phi) is 4.12. The summed E-state index contributed by atoms with van der Waals surface area (Å²) >= 11 is 1.60. The zero-order valence-electron chi connectivity index (χ0n) is 12.6. The average Bonchev–Trinajstić information content (AvgIpc) is 2.96. The van der Waals surface area contributed by atoms with Gasteiger partial charge in [-0.1, -0.05) is 18.7 Å². The van der Waals surface area contributed by atoms with E-state index >= 15 is 0 Å². The Labute approximate surface area is 137 Å². The number of anilines is 2. The quantitative estimate of drug-likeness (QED) is 0.777. The minimum atomic E-state index is -0.294. The molecular weight excluding hydrogens is 309 g/mol. The van der Waals surface area contributed by atoms with Crippen molar-refractivity contribution in [1.82, 2.24) is 4.98 Å². The van der Waals surface area contributed by atoms with Gasteiger partial charge in [0.2, 0.25) is 0 Å². The first kappa shape index (κ1) is 15.2. The van der Waals surface area contributed by atoms with Crippen LogP contribution in [0, 0.1) is 5.82 Å². The fourth-order valence-corrected chi connectivity index (χ4v) is 3.29. The molecule has 0 aliphatic carbocycles. The third-order valence-electron chi connectivity index (χ3n) is 3.41. The standard InChI is InChI=1S/C18H16FN3S/c1-3-14-15-9-23-10-16(15)18(22-17(14)7-11(2)20)21-13-6-4-5-12(19)8-13/h3-10H,2,20H2,1H3,(H,21,22)/b14-3-,17-7+. The lowest BCUT2D eigenvalue weighted by atomic mass is 10.2. The van der Waals surface area contributed by atoms with Crippen molar-refractivity contribution in [3.8, 4) is 0 Å². The van der Waals surface area contributed by atoms with Crippen LogP contribution in [0.3, 0.4) is 0 Å². The van der Waals surface area contributed by atoms with Crippen molar-refractivity contribution < 1.29 is 4.39 Å². The van der Waals surface area contributed by atoms with Crippen molar-refractivity contribution >= 4 is 45.8 Å². The van der Waals surface area contributed by atoms with Gasteiger partial charge in [-0.15, -0.1) is 0 Å². The molecule has 3 nitrogen and oxygen atoms in total. The molecular formula is C18H16FN3S. The van der Waals surface area contributed by atoms with E-state index in [1.165, 1.54) is 12.1 Å². The van der Waals surface area contributed by atoms with Gasteiger partial charge < -0.3 is 11.1 Å². The number of benzene rings is 1. The van der Waals surface area contributed by atoms with Crippen molar-refractivity contribution in [3.05, 3.63) is 63.7 Å². The summed E-state index contributed by atoms with van der Waals surface area (Å²) in [5.74, 6) is 0.377. The molecule has 0 amide bonds. The minimum Gasteiger partial charge on any atom is -0.399 e. The Morgan fingerprint density at radius 2 is 2.13 bits per heavy atom. The van der Waals surface area contributed by atoms with E-state index in [4.69, 9.17) is 5.73 Å². The molecule has 0 aliphatic heterocycles. The summed E-state index contributed by atoms with van der Waals surface area (Å²) in [6, 6.07) is 6.30. The summed E-state index contributed by atoms with van der Waals surface area (Å²) in [6.45, 7) is 5.68. The smallest absolute Gasteiger partial charge is 0.139 e. The van der Waals surface area contributed by atoms with Crippen molar-refractivity contribution in [2.24, 2.45) is 5.73 Å². The van der Waals surface area contributed by atoms with Crippen LogP contribution >= 0.6 is 11.3 Å². The Hall–Kier alpha value is -2.66. The lowest BCUT2D eigenvalue weighted by Gasteiger charge is -2.08. The number of nitrogens with two attached hydrogens (primary N) is 1. The zero-order chi connectivity index (χ0) is 16.4. The Morgan fingerprint density at radius 3 is 2.83 bits per heavy atom. The maximum absolute atomic E-state index is 13.4. The van der Waals surface area contributed by atoms with Gasteiger partial charge in [-0.05, 0) is 36.6 Å². The molecule has 3 N–H and O–H groups in total. The number of thiophene rings is 1. The van der Waals surface area contributed by atoms with Crippen molar-refractivity contribution in [2.45, 2.75) is 6.92 Å². The molecule has 2 heterocycles. The first-order chi connectivity index (χ1) is 11.1. The fourth-order valence-electron chi connectivity index (χ4n) is 2.46. The SMILES string of the molecule is C=C(N)/C=c1/nc(Nc2cccc(F)c2)c2cscc2/c1=C/C. The summed E-state index contributed by atoms with van der Waals surface area (Å²) in [5, 5.41) is 11.1. The highest BCUT2D eigenvalue weighted by molar-refractivity contribution is 7.09. The molecule has 1 aromatic carbocycles. The van der Waals surface area contributed by atoms with Crippen LogP contribution in [0.5, 0.6) is 0 Å². The second kappa shape index (κ2) is 6.22. The van der Waals surface area contributed by atoms with E-state index in [0.29, 0.717) is 17.2 Å². The summed E-state index contributed by atoms with van der Waals surface area (Å²) < 4.78 is 13.4.